The molecule has 1 aliphatic heterocycles. The molecule has 0 aliphatic carbocycles. The van der Waals surface area contributed by atoms with Crippen molar-refractivity contribution in [1.29, 1.82) is 0 Å². The van der Waals surface area contributed by atoms with Gasteiger partial charge in [-0.1, -0.05) is 12.1 Å². The van der Waals surface area contributed by atoms with Gasteiger partial charge in [0.2, 0.25) is 5.91 Å². The summed E-state index contributed by atoms with van der Waals surface area (Å²) in [6, 6.07) is 7.89. The Kier molecular flexibility index (Phi) is 4.23. The molecule has 25 heavy (non-hydrogen) atoms. The minimum atomic E-state index is -0.183. The molecule has 0 radical (unpaired) electrons. The van der Waals surface area contributed by atoms with E-state index in [0.29, 0.717) is 32.5 Å². The molecular formula is C18H21N5O2. The average Bonchev–Trinajstić information content (AvgIpc) is 3.25. The second-order valence-corrected chi connectivity index (χ2v) is 6.35. The molecule has 3 heterocycles. The van der Waals surface area contributed by atoms with Crippen LogP contribution < -0.4 is 0 Å². The van der Waals surface area contributed by atoms with E-state index in [2.05, 4.69) is 19.9 Å². The lowest BCUT2D eigenvalue weighted by molar-refractivity contribution is -0.139. The summed E-state index contributed by atoms with van der Waals surface area (Å²) in [5.41, 5.74) is 2.93. The third kappa shape index (κ3) is 3.41. The molecule has 4 rings (SSSR count). The summed E-state index contributed by atoms with van der Waals surface area (Å²) in [4.78, 5) is 29.7. The zero-order valence-corrected chi connectivity index (χ0v) is 14.2. The molecule has 2 N–H and O–H groups in total. The number of hydrogen-bond donors (Lipinski definition) is 2. The highest BCUT2D eigenvalue weighted by Gasteiger charge is 2.27. The Balaban J connectivity index is 1.37. The van der Waals surface area contributed by atoms with Crippen molar-refractivity contribution in [2.75, 3.05) is 19.7 Å². The Bertz CT molecular complexity index is 851. The average molecular weight is 339 g/mol. The maximum absolute atomic E-state index is 12.6. The van der Waals surface area contributed by atoms with Crippen molar-refractivity contribution in [1.82, 2.24) is 24.8 Å². The van der Waals surface area contributed by atoms with Gasteiger partial charge >= 0.3 is 0 Å². The first-order valence-electron chi connectivity index (χ1n) is 8.53. The number of morpholine rings is 1. The van der Waals surface area contributed by atoms with E-state index in [4.69, 9.17) is 4.74 Å². The lowest BCUT2D eigenvalue weighted by atomic mass is 10.2. The van der Waals surface area contributed by atoms with Crippen molar-refractivity contribution in [2.45, 2.75) is 25.9 Å². The van der Waals surface area contributed by atoms with Gasteiger partial charge in [0.05, 0.1) is 24.2 Å². The highest BCUT2D eigenvalue weighted by atomic mass is 16.5. The van der Waals surface area contributed by atoms with Gasteiger partial charge in [-0.2, -0.15) is 0 Å². The molecule has 1 amide bonds. The number of aryl methyl sites for hydroxylation is 2. The Morgan fingerprint density at radius 3 is 3.04 bits per heavy atom. The van der Waals surface area contributed by atoms with Gasteiger partial charge in [0, 0.05) is 31.3 Å². The molecule has 0 bridgehead atoms. The molecule has 1 aliphatic rings. The fraction of sp³-hybridized carbons (Fsp3) is 0.389. The van der Waals surface area contributed by atoms with Crippen LogP contribution in [0.1, 0.15) is 29.9 Å². The summed E-state index contributed by atoms with van der Waals surface area (Å²) in [7, 11) is 0. The fourth-order valence-corrected chi connectivity index (χ4v) is 3.15. The standard InChI is InChI=1S/C18H21N5O2/c1-12-10-19-18(20-12)15-11-23(8-9-25-15)17(24)7-6-16-21-13-4-2-3-5-14(13)22-16/h2-5,10,15H,6-9,11H2,1H3,(H,19,20)(H,21,22)/t15-/m0/s1. The van der Waals surface area contributed by atoms with E-state index >= 15 is 0 Å². The van der Waals surface area contributed by atoms with Gasteiger partial charge in [-0.3, -0.25) is 4.79 Å². The summed E-state index contributed by atoms with van der Waals surface area (Å²) in [6.07, 6.45) is 2.64. The monoisotopic (exact) mass is 339 g/mol. The number of carbonyl (C=O) groups is 1. The van der Waals surface area contributed by atoms with Crippen LogP contribution in [-0.2, 0) is 16.0 Å². The molecule has 7 nitrogen and oxygen atoms in total. The zero-order chi connectivity index (χ0) is 17.2. The Morgan fingerprint density at radius 1 is 1.36 bits per heavy atom. The number of nitrogens with zero attached hydrogens (tertiary/aromatic N) is 3. The van der Waals surface area contributed by atoms with Crippen LogP contribution in [0.2, 0.25) is 0 Å². The molecule has 1 aromatic carbocycles. The van der Waals surface area contributed by atoms with Gasteiger partial charge in [-0.15, -0.1) is 0 Å². The van der Waals surface area contributed by atoms with E-state index in [1.807, 2.05) is 36.1 Å². The number of ether oxygens (including phenoxy) is 1. The Labute approximate surface area is 145 Å². The van der Waals surface area contributed by atoms with E-state index in [1.54, 1.807) is 6.20 Å². The molecule has 7 heteroatoms. The lowest BCUT2D eigenvalue weighted by Gasteiger charge is -2.32. The molecule has 1 fully saturated rings. The first kappa shape index (κ1) is 15.8. The van der Waals surface area contributed by atoms with Crippen LogP contribution in [0.3, 0.4) is 0 Å². The highest BCUT2D eigenvalue weighted by Crippen LogP contribution is 2.20. The maximum Gasteiger partial charge on any atom is 0.223 e. The lowest BCUT2D eigenvalue weighted by Crippen LogP contribution is -2.42. The molecule has 130 valence electrons. The van der Waals surface area contributed by atoms with Crippen LogP contribution >= 0.6 is 0 Å². The number of fused-ring (bicyclic) bond motifs is 1. The second kappa shape index (κ2) is 6.68. The molecule has 3 aromatic rings. The largest absolute Gasteiger partial charge is 0.367 e. The smallest absolute Gasteiger partial charge is 0.223 e. The minimum absolute atomic E-state index is 0.122. The zero-order valence-electron chi connectivity index (χ0n) is 14.2. The number of para-hydroxylation sites is 2. The minimum Gasteiger partial charge on any atom is -0.367 e. The molecule has 1 atom stereocenters. The fourth-order valence-electron chi connectivity index (χ4n) is 3.15. The van der Waals surface area contributed by atoms with Crippen LogP contribution in [0.25, 0.3) is 11.0 Å². The van der Waals surface area contributed by atoms with Gasteiger partial charge in [0.15, 0.2) is 0 Å². The number of H-pyrrole nitrogens is 2. The molecule has 0 spiro atoms. The van der Waals surface area contributed by atoms with E-state index in [0.717, 1.165) is 28.4 Å². The predicted molar refractivity (Wildman–Crippen MR) is 93.0 cm³/mol. The summed E-state index contributed by atoms with van der Waals surface area (Å²) in [5.74, 6) is 1.75. The van der Waals surface area contributed by atoms with Crippen LogP contribution in [0.4, 0.5) is 0 Å². The number of aromatic nitrogens is 4. The highest BCUT2D eigenvalue weighted by molar-refractivity contribution is 5.77. The summed E-state index contributed by atoms with van der Waals surface area (Å²) >= 11 is 0. The number of amides is 1. The number of benzene rings is 1. The van der Waals surface area contributed by atoms with Crippen LogP contribution in [0.5, 0.6) is 0 Å². The number of nitrogens with one attached hydrogen (secondary N) is 2. The quantitative estimate of drug-likeness (QED) is 0.762. The van der Waals surface area contributed by atoms with E-state index < -0.39 is 0 Å². The number of hydrogen-bond acceptors (Lipinski definition) is 4. The van der Waals surface area contributed by atoms with Crippen LogP contribution in [0.15, 0.2) is 30.5 Å². The Hall–Kier alpha value is -2.67. The first-order valence-corrected chi connectivity index (χ1v) is 8.53. The van der Waals surface area contributed by atoms with Crippen molar-refractivity contribution >= 4 is 16.9 Å². The van der Waals surface area contributed by atoms with Gasteiger partial charge < -0.3 is 19.6 Å². The van der Waals surface area contributed by atoms with Crippen molar-refractivity contribution < 1.29 is 9.53 Å². The van der Waals surface area contributed by atoms with Crippen molar-refractivity contribution in [2.24, 2.45) is 0 Å². The van der Waals surface area contributed by atoms with Gasteiger partial charge in [-0.05, 0) is 19.1 Å². The van der Waals surface area contributed by atoms with E-state index in [9.17, 15) is 4.79 Å². The summed E-state index contributed by atoms with van der Waals surface area (Å²) in [6.45, 7) is 3.64. The Morgan fingerprint density at radius 2 is 2.24 bits per heavy atom. The summed E-state index contributed by atoms with van der Waals surface area (Å²) < 4.78 is 5.75. The van der Waals surface area contributed by atoms with Crippen LogP contribution in [-0.4, -0.2) is 50.4 Å². The van der Waals surface area contributed by atoms with E-state index in [1.165, 1.54) is 0 Å². The number of imidazole rings is 2. The molecular weight excluding hydrogens is 318 g/mol. The topological polar surface area (TPSA) is 86.9 Å². The molecule has 2 aromatic heterocycles. The number of carbonyl (C=O) groups excluding carboxylic acids is 1. The van der Waals surface area contributed by atoms with Crippen molar-refractivity contribution in [3.8, 4) is 0 Å². The molecule has 0 saturated carbocycles. The SMILES string of the molecule is Cc1cnc([C@@H]2CN(C(=O)CCc3nc4ccccc4[nH]3)CCO2)[nH]1. The third-order valence-electron chi connectivity index (χ3n) is 4.46. The molecule has 0 unspecified atom stereocenters. The van der Waals surface area contributed by atoms with Gasteiger partial charge in [-0.25, -0.2) is 9.97 Å². The number of aromatic amines is 2. The summed E-state index contributed by atoms with van der Waals surface area (Å²) in [5, 5.41) is 0. The maximum atomic E-state index is 12.6. The van der Waals surface area contributed by atoms with Crippen molar-refractivity contribution in [3.63, 3.8) is 0 Å². The molecule has 1 saturated heterocycles. The number of rotatable bonds is 4. The second-order valence-electron chi connectivity index (χ2n) is 6.35. The first-order chi connectivity index (χ1) is 12.2. The van der Waals surface area contributed by atoms with E-state index in [-0.39, 0.29) is 12.0 Å². The normalized spacial score (nSPS) is 18.0. The van der Waals surface area contributed by atoms with Gasteiger partial charge in [0.1, 0.15) is 17.8 Å². The predicted octanol–water partition coefficient (Wildman–Crippen LogP) is 2.13. The third-order valence-corrected chi connectivity index (χ3v) is 4.46. The van der Waals surface area contributed by atoms with Crippen LogP contribution in [0, 0.1) is 6.92 Å². The van der Waals surface area contributed by atoms with Gasteiger partial charge in [0.25, 0.3) is 0 Å². The van der Waals surface area contributed by atoms with Crippen molar-refractivity contribution in [3.05, 3.63) is 47.8 Å².